The van der Waals surface area contributed by atoms with Crippen LogP contribution in [0.25, 0.3) is 0 Å². The second-order valence-electron chi connectivity index (χ2n) is 19.1. The van der Waals surface area contributed by atoms with E-state index in [1.54, 1.807) is 49.5 Å². The monoisotopic (exact) mass is 1360 g/mol. The van der Waals surface area contributed by atoms with Crippen LogP contribution in [0.15, 0.2) is 66.7 Å². The molecule has 0 aliphatic heterocycles. The predicted octanol–water partition coefficient (Wildman–Crippen LogP) is 5.17. The van der Waals surface area contributed by atoms with E-state index >= 15 is 0 Å². The summed E-state index contributed by atoms with van der Waals surface area (Å²) in [6.07, 6.45) is 3.44. The number of allylic oxidation sites excluding steroid dienone is 1. The molecule has 3 rings (SSSR count). The Morgan fingerprint density at radius 3 is 1.35 bits per heavy atom. The average Bonchev–Trinajstić information content (AvgIpc) is 2.62. The van der Waals surface area contributed by atoms with Crippen LogP contribution in [-0.4, -0.2) is 250 Å². The van der Waals surface area contributed by atoms with Crippen LogP contribution in [0.3, 0.4) is 0 Å². The van der Waals surface area contributed by atoms with Crippen molar-refractivity contribution in [1.29, 1.82) is 0 Å². The molecule has 0 aromatic heterocycles. The van der Waals surface area contributed by atoms with E-state index < -0.39 is 23.8 Å². The Morgan fingerprint density at radius 2 is 0.912 bits per heavy atom. The Bertz CT molecular complexity index is 2550. The van der Waals surface area contributed by atoms with Gasteiger partial charge in [-0.05, 0) is 54.5 Å². The Hall–Kier alpha value is -5.63. The summed E-state index contributed by atoms with van der Waals surface area (Å²) >= 11 is 25.1. The first-order chi connectivity index (χ1) is 44.2. The third kappa shape index (κ3) is 38.9. The van der Waals surface area contributed by atoms with Crippen LogP contribution in [0.1, 0.15) is 45.5 Å². The maximum absolute atomic E-state index is 13.2. The van der Waals surface area contributed by atoms with Crippen LogP contribution in [-0.2, 0) is 87.2 Å². The van der Waals surface area contributed by atoms with Gasteiger partial charge in [0.2, 0.25) is 17.7 Å². The molecule has 3 aromatic carbocycles. The van der Waals surface area contributed by atoms with E-state index in [0.29, 0.717) is 189 Å². The first kappa shape index (κ1) is 79.6. The van der Waals surface area contributed by atoms with E-state index in [1.807, 2.05) is 0 Å². The molecule has 0 bridgehead atoms. The Labute approximate surface area is 550 Å². The molecular weight excluding hydrogens is 1280 g/mol. The van der Waals surface area contributed by atoms with Gasteiger partial charge in [0.05, 0.1) is 196 Å². The van der Waals surface area contributed by atoms with Crippen molar-refractivity contribution in [2.24, 2.45) is 0 Å². The summed E-state index contributed by atoms with van der Waals surface area (Å²) in [5, 5.41) is 20.8. The number of ether oxygens (including phenoxy) is 13. The van der Waals surface area contributed by atoms with E-state index in [2.05, 4.69) is 21.3 Å². The number of carbonyl (C=O) groups is 7. The number of likely N-dealkylation sites (N-methyl/N-ethyl adjacent to an activating group) is 1. The fraction of sp³-hybridized carbons (Fsp3) is 0.557. The largest absolute Gasteiger partial charge is 0.493 e. The van der Waals surface area contributed by atoms with Gasteiger partial charge in [0.1, 0.15) is 18.1 Å². The Morgan fingerprint density at radius 1 is 0.505 bits per heavy atom. The van der Waals surface area contributed by atoms with Gasteiger partial charge in [0.15, 0.2) is 0 Å². The first-order valence-electron chi connectivity index (χ1n) is 29.5. The van der Waals surface area contributed by atoms with Crippen molar-refractivity contribution in [2.75, 3.05) is 197 Å². The lowest BCUT2D eigenvalue weighted by atomic mass is 10.0. The number of rotatable bonds is 56. The fourth-order valence-electron chi connectivity index (χ4n) is 7.39. The number of carboxylic acid groups (broad SMARTS) is 1. The van der Waals surface area contributed by atoms with Crippen molar-refractivity contribution in [2.45, 2.75) is 31.7 Å². The number of nitrogens with zero attached hydrogens (tertiary/aromatic N) is 1. The number of benzene rings is 3. The van der Waals surface area contributed by atoms with E-state index in [9.17, 15) is 38.7 Å². The fourth-order valence-corrected chi connectivity index (χ4v) is 8.60. The number of halogens is 4. The molecule has 0 heterocycles. The smallest absolute Gasteiger partial charge is 0.326 e. The van der Waals surface area contributed by atoms with Crippen LogP contribution in [0.5, 0.6) is 5.75 Å². The summed E-state index contributed by atoms with van der Waals surface area (Å²) in [5.41, 5.74) is 0.949. The molecule has 1 atom stereocenters. The third-order valence-electron chi connectivity index (χ3n) is 12.1. The molecule has 0 aliphatic carbocycles. The number of carbonyl (C=O) groups excluding carboxylic acids is 6. The average molecular weight is 1370 g/mol. The van der Waals surface area contributed by atoms with Crippen molar-refractivity contribution in [1.82, 2.24) is 20.9 Å². The van der Waals surface area contributed by atoms with Crippen molar-refractivity contribution >= 4 is 93.9 Å². The van der Waals surface area contributed by atoms with Gasteiger partial charge >= 0.3 is 5.97 Å². The topological polar surface area (TPSA) is 311 Å². The van der Waals surface area contributed by atoms with E-state index in [1.165, 1.54) is 17.0 Å². The van der Waals surface area contributed by atoms with Crippen molar-refractivity contribution < 1.29 is 100 Å². The van der Waals surface area contributed by atoms with Crippen LogP contribution >= 0.6 is 46.4 Å². The molecule has 5 amide bonds. The van der Waals surface area contributed by atoms with Gasteiger partial charge in [0.25, 0.3) is 11.8 Å². The number of carboxylic acids is 1. The van der Waals surface area contributed by atoms with Gasteiger partial charge in [0, 0.05) is 57.7 Å². The van der Waals surface area contributed by atoms with E-state index in [4.69, 9.17) is 108 Å². The van der Waals surface area contributed by atoms with Gasteiger partial charge in [-0.25, -0.2) is 4.79 Å². The molecule has 26 nitrogen and oxygen atoms in total. The zero-order chi connectivity index (χ0) is 65.9. The number of amides is 5. The van der Waals surface area contributed by atoms with Crippen molar-refractivity contribution in [3.8, 4) is 5.75 Å². The maximum Gasteiger partial charge on any atom is 0.326 e. The number of aliphatic carboxylic acids is 1. The predicted molar refractivity (Wildman–Crippen MR) is 338 cm³/mol. The highest BCUT2D eigenvalue weighted by atomic mass is 35.5. The molecule has 0 radical (unpaired) electrons. The van der Waals surface area contributed by atoms with Gasteiger partial charge in [-0.3, -0.25) is 28.8 Å². The zero-order valence-electron chi connectivity index (χ0n) is 51.2. The molecule has 3 aromatic rings. The van der Waals surface area contributed by atoms with Crippen molar-refractivity contribution in [3.05, 3.63) is 104 Å². The molecule has 0 saturated carbocycles. The minimum atomic E-state index is -1.35. The van der Waals surface area contributed by atoms with E-state index in [0.717, 1.165) is 12.2 Å². The molecule has 0 saturated heterocycles. The highest BCUT2D eigenvalue weighted by Gasteiger charge is 2.25. The lowest BCUT2D eigenvalue weighted by Gasteiger charge is -2.17. The summed E-state index contributed by atoms with van der Waals surface area (Å²) in [6.45, 7) is 10.8. The van der Waals surface area contributed by atoms with Crippen LogP contribution in [0.4, 0.5) is 5.69 Å². The molecule has 91 heavy (non-hydrogen) atoms. The van der Waals surface area contributed by atoms with Crippen LogP contribution < -0.4 is 26.0 Å². The third-order valence-corrected chi connectivity index (χ3v) is 13.3. The van der Waals surface area contributed by atoms with Crippen molar-refractivity contribution in [3.63, 3.8) is 0 Å². The highest BCUT2D eigenvalue weighted by molar-refractivity contribution is 6.41. The number of hydrogen-bond donors (Lipinski definition) is 5. The maximum atomic E-state index is 13.2. The molecule has 508 valence electrons. The Balaban J connectivity index is 1.01. The molecule has 0 spiro atoms. The number of nitrogens with one attached hydrogen (secondary N) is 4. The lowest BCUT2D eigenvalue weighted by molar-refractivity contribution is -0.139. The summed E-state index contributed by atoms with van der Waals surface area (Å²) < 4.78 is 71.6. The Kier molecular flexibility index (Phi) is 45.3. The first-order valence-corrected chi connectivity index (χ1v) is 31.0. The lowest BCUT2D eigenvalue weighted by Crippen LogP contribution is -2.42. The SMILES string of the molecule is CN(CCC(=O)NCCOCCOCCOCCOCCOCCOCCOCCOCCOCCOCCOCCOCCC(=O)NCCCOc1cc(Cl)c(C(=O)N[C@@H](Cc2ccc(NC(=O)c3c(Cl)cccc3Cl)cc2)C(=O)O)c(Cl)c1)C(=O)/C=C\C=O. The molecule has 0 fully saturated rings. The molecular formula is C61H85Cl4N5O21. The summed E-state index contributed by atoms with van der Waals surface area (Å²) in [5.74, 6) is -3.09. The molecule has 30 heteroatoms. The van der Waals surface area contributed by atoms with E-state index in [-0.39, 0.29) is 93.7 Å². The normalized spacial score (nSPS) is 11.6. The van der Waals surface area contributed by atoms with Crippen LogP contribution in [0, 0.1) is 0 Å². The highest BCUT2D eigenvalue weighted by Crippen LogP contribution is 2.31. The number of hydrogen-bond acceptors (Lipinski definition) is 20. The summed E-state index contributed by atoms with van der Waals surface area (Å²) in [4.78, 5) is 85.6. The molecule has 0 aliphatic rings. The van der Waals surface area contributed by atoms with Crippen LogP contribution in [0.2, 0.25) is 20.1 Å². The second-order valence-corrected chi connectivity index (χ2v) is 20.7. The molecule has 5 N–H and O–H groups in total. The quantitative estimate of drug-likeness (QED) is 0.0276. The van der Waals surface area contributed by atoms with Gasteiger partial charge in [-0.15, -0.1) is 0 Å². The standard InChI is InChI=1S/C61H85Cl4N5O21/c1-70(56(74)7-3-17-71)16-12-54(72)67-15-20-80-22-24-82-26-28-84-30-32-86-34-36-88-38-40-90-42-41-89-39-37-87-35-33-85-31-29-83-27-25-81-23-21-79-19-13-55(73)66-14-4-18-91-48-44-51(64)58(52(65)45-48)60(76)69-53(61(77)78)43-46-8-10-47(11-9-46)68-59(75)57-49(62)5-2-6-50(57)63/h2-3,5-11,17,44-45,53H,4,12-16,18-43H2,1H3,(H,66,73)(H,67,72)(H,68,75)(H,69,76)(H,77,78)/b7-3-/t53-/m0/s1. The minimum absolute atomic E-state index is 0.0566. The summed E-state index contributed by atoms with van der Waals surface area (Å²) in [6, 6.07) is 12.5. The minimum Gasteiger partial charge on any atom is -0.493 e. The van der Waals surface area contributed by atoms with Gasteiger partial charge in [-0.1, -0.05) is 64.6 Å². The second kappa shape index (κ2) is 51.8. The van der Waals surface area contributed by atoms with Gasteiger partial charge in [-0.2, -0.15) is 0 Å². The molecule has 0 unspecified atom stereocenters. The summed E-state index contributed by atoms with van der Waals surface area (Å²) in [7, 11) is 1.55. The number of aldehydes is 1. The zero-order valence-corrected chi connectivity index (χ0v) is 54.2. The number of anilines is 1. The van der Waals surface area contributed by atoms with Gasteiger partial charge < -0.3 is 92.9 Å².